The van der Waals surface area contributed by atoms with Crippen molar-refractivity contribution in [3.05, 3.63) is 53.7 Å². The Labute approximate surface area is 207 Å². The number of nitrogens with two attached hydrogens (primary N) is 1. The molecule has 0 bridgehead atoms. The van der Waals surface area contributed by atoms with Crippen molar-refractivity contribution in [3.8, 4) is 5.75 Å². The number of hydrogen-bond acceptors (Lipinski definition) is 5. The SMILES string of the molecule is CCNC(=NCc1cccc(OC)c1)NCc1cccnc1N1CCCC(C(N)=O)C1.I. The molecule has 2 heterocycles. The maximum Gasteiger partial charge on any atom is 0.222 e. The molecular formula is C23H33IN6O2. The summed E-state index contributed by atoms with van der Waals surface area (Å²) in [5, 5.41) is 6.68. The van der Waals surface area contributed by atoms with Gasteiger partial charge in [0.25, 0.3) is 0 Å². The lowest BCUT2D eigenvalue weighted by Gasteiger charge is -2.33. The highest BCUT2D eigenvalue weighted by atomic mass is 127. The van der Waals surface area contributed by atoms with E-state index >= 15 is 0 Å². The van der Waals surface area contributed by atoms with E-state index in [4.69, 9.17) is 15.5 Å². The number of methoxy groups -OCH3 is 1. The second kappa shape index (κ2) is 13.1. The highest BCUT2D eigenvalue weighted by molar-refractivity contribution is 14.0. The molecule has 1 atom stereocenters. The van der Waals surface area contributed by atoms with Gasteiger partial charge in [-0.2, -0.15) is 0 Å². The molecule has 1 unspecified atom stereocenters. The maximum absolute atomic E-state index is 11.7. The van der Waals surface area contributed by atoms with E-state index in [1.807, 2.05) is 37.3 Å². The summed E-state index contributed by atoms with van der Waals surface area (Å²) in [6.07, 6.45) is 3.56. The smallest absolute Gasteiger partial charge is 0.222 e. The quantitative estimate of drug-likeness (QED) is 0.264. The zero-order valence-electron chi connectivity index (χ0n) is 18.7. The van der Waals surface area contributed by atoms with Crippen LogP contribution in [0.15, 0.2) is 47.6 Å². The van der Waals surface area contributed by atoms with Crippen molar-refractivity contribution in [2.24, 2.45) is 16.6 Å². The topological polar surface area (TPSA) is 105 Å². The first-order valence-corrected chi connectivity index (χ1v) is 10.7. The summed E-state index contributed by atoms with van der Waals surface area (Å²) in [5.41, 5.74) is 7.68. The van der Waals surface area contributed by atoms with Crippen LogP contribution in [0.1, 0.15) is 30.9 Å². The summed E-state index contributed by atoms with van der Waals surface area (Å²) in [4.78, 5) is 23.1. The fourth-order valence-corrected chi connectivity index (χ4v) is 3.72. The molecule has 1 saturated heterocycles. The molecule has 2 aromatic rings. The summed E-state index contributed by atoms with van der Waals surface area (Å²) < 4.78 is 5.29. The van der Waals surface area contributed by atoms with Gasteiger partial charge in [0.2, 0.25) is 5.91 Å². The molecule has 9 heteroatoms. The Hall–Kier alpha value is -2.56. The van der Waals surface area contributed by atoms with Gasteiger partial charge >= 0.3 is 0 Å². The number of anilines is 1. The molecule has 4 N–H and O–H groups in total. The normalized spacial score (nSPS) is 16.1. The number of benzene rings is 1. The Kier molecular flexibility index (Phi) is 10.5. The second-order valence-electron chi connectivity index (χ2n) is 7.57. The van der Waals surface area contributed by atoms with Crippen molar-refractivity contribution in [2.45, 2.75) is 32.9 Å². The third-order valence-electron chi connectivity index (χ3n) is 5.34. The van der Waals surface area contributed by atoms with Crippen molar-refractivity contribution in [1.82, 2.24) is 15.6 Å². The van der Waals surface area contributed by atoms with Gasteiger partial charge in [0.05, 0.1) is 19.6 Å². The van der Waals surface area contributed by atoms with E-state index in [-0.39, 0.29) is 35.8 Å². The predicted molar refractivity (Wildman–Crippen MR) is 138 cm³/mol. The predicted octanol–water partition coefficient (Wildman–Crippen LogP) is 2.67. The minimum Gasteiger partial charge on any atom is -0.497 e. The van der Waals surface area contributed by atoms with Crippen LogP contribution in [-0.4, -0.2) is 43.6 Å². The van der Waals surface area contributed by atoms with Crippen molar-refractivity contribution < 1.29 is 9.53 Å². The van der Waals surface area contributed by atoms with Gasteiger partial charge in [0.1, 0.15) is 11.6 Å². The number of piperidine rings is 1. The lowest BCUT2D eigenvalue weighted by molar-refractivity contribution is -0.122. The first-order valence-electron chi connectivity index (χ1n) is 10.7. The molecule has 0 saturated carbocycles. The Balaban J connectivity index is 0.00000363. The fraction of sp³-hybridized carbons (Fsp3) is 0.435. The number of halogens is 1. The number of amides is 1. The molecule has 1 aromatic heterocycles. The van der Waals surface area contributed by atoms with E-state index in [2.05, 4.69) is 26.6 Å². The number of aliphatic imine (C=N–C) groups is 1. The standard InChI is InChI=1S/C23H32N6O2.HI/c1-3-25-23(27-14-17-7-4-10-20(13-17)31-2)28-15-18-8-5-11-26-22(18)29-12-6-9-19(16-29)21(24)30;/h4-5,7-8,10-11,13,19H,3,6,9,12,14-16H2,1-2H3,(H2,24,30)(H2,25,27,28);1H. The Morgan fingerprint density at radius 1 is 1.31 bits per heavy atom. The van der Waals surface area contributed by atoms with Crippen molar-refractivity contribution >= 4 is 41.7 Å². The molecule has 0 spiro atoms. The molecule has 174 valence electrons. The summed E-state index contributed by atoms with van der Waals surface area (Å²) in [7, 11) is 1.66. The van der Waals surface area contributed by atoms with Crippen molar-refractivity contribution in [2.75, 3.05) is 31.6 Å². The van der Waals surface area contributed by atoms with Crippen LogP contribution in [0.25, 0.3) is 0 Å². The number of hydrogen-bond donors (Lipinski definition) is 3. The minimum absolute atomic E-state index is 0. The first-order chi connectivity index (χ1) is 15.1. The zero-order valence-corrected chi connectivity index (χ0v) is 21.0. The lowest BCUT2D eigenvalue weighted by atomic mass is 9.97. The first kappa shape index (κ1) is 25.7. The molecule has 0 radical (unpaired) electrons. The molecule has 1 aromatic carbocycles. The molecule has 32 heavy (non-hydrogen) atoms. The monoisotopic (exact) mass is 552 g/mol. The average Bonchev–Trinajstić information content (AvgIpc) is 2.81. The number of pyridine rings is 1. The number of carbonyl (C=O) groups excluding carboxylic acids is 1. The number of nitrogens with one attached hydrogen (secondary N) is 2. The van der Waals surface area contributed by atoms with Gasteiger partial charge in [0.15, 0.2) is 5.96 Å². The van der Waals surface area contributed by atoms with Crippen LogP contribution in [0.2, 0.25) is 0 Å². The lowest BCUT2D eigenvalue weighted by Crippen LogP contribution is -2.42. The number of rotatable bonds is 8. The van der Waals surface area contributed by atoms with Crippen LogP contribution in [0.3, 0.4) is 0 Å². The largest absolute Gasteiger partial charge is 0.497 e. The van der Waals surface area contributed by atoms with Gasteiger partial charge in [-0.1, -0.05) is 18.2 Å². The summed E-state index contributed by atoms with van der Waals surface area (Å²) in [6, 6.07) is 11.9. The molecule has 8 nitrogen and oxygen atoms in total. The number of guanidine groups is 1. The van der Waals surface area contributed by atoms with E-state index in [0.29, 0.717) is 19.6 Å². The van der Waals surface area contributed by atoms with Crippen LogP contribution < -0.4 is 26.0 Å². The van der Waals surface area contributed by atoms with E-state index in [1.54, 1.807) is 13.3 Å². The zero-order chi connectivity index (χ0) is 22.1. The van der Waals surface area contributed by atoms with E-state index < -0.39 is 0 Å². The van der Waals surface area contributed by atoms with Crippen LogP contribution in [0.4, 0.5) is 5.82 Å². The minimum atomic E-state index is -0.237. The number of nitrogens with zero attached hydrogens (tertiary/aromatic N) is 3. The van der Waals surface area contributed by atoms with Crippen molar-refractivity contribution in [1.29, 1.82) is 0 Å². The third-order valence-corrected chi connectivity index (χ3v) is 5.34. The number of primary amides is 1. The van der Waals surface area contributed by atoms with Gasteiger partial charge in [-0.25, -0.2) is 9.98 Å². The Morgan fingerprint density at radius 3 is 2.91 bits per heavy atom. The van der Waals surface area contributed by atoms with Crippen LogP contribution in [-0.2, 0) is 17.9 Å². The molecule has 1 fully saturated rings. The summed E-state index contributed by atoms with van der Waals surface area (Å²) in [6.45, 7) is 5.40. The Morgan fingerprint density at radius 2 is 2.16 bits per heavy atom. The third kappa shape index (κ3) is 7.25. The maximum atomic E-state index is 11.7. The van der Waals surface area contributed by atoms with E-state index in [1.165, 1.54) is 0 Å². The fourth-order valence-electron chi connectivity index (χ4n) is 3.72. The summed E-state index contributed by atoms with van der Waals surface area (Å²) >= 11 is 0. The number of ether oxygens (including phenoxy) is 1. The Bertz CT molecular complexity index is 908. The second-order valence-corrected chi connectivity index (χ2v) is 7.57. The number of carbonyl (C=O) groups is 1. The van der Waals surface area contributed by atoms with Gasteiger partial charge in [-0.3, -0.25) is 4.79 Å². The molecular weight excluding hydrogens is 519 g/mol. The van der Waals surface area contributed by atoms with Gasteiger partial charge < -0.3 is 26.0 Å². The molecule has 3 rings (SSSR count). The van der Waals surface area contributed by atoms with E-state index in [9.17, 15) is 4.79 Å². The average molecular weight is 552 g/mol. The highest BCUT2D eigenvalue weighted by Gasteiger charge is 2.25. The molecule has 0 aliphatic carbocycles. The summed E-state index contributed by atoms with van der Waals surface area (Å²) in [5.74, 6) is 2.08. The van der Waals surface area contributed by atoms with Gasteiger partial charge in [-0.15, -0.1) is 24.0 Å². The van der Waals surface area contributed by atoms with Gasteiger partial charge in [-0.05, 0) is 43.5 Å². The van der Waals surface area contributed by atoms with E-state index in [0.717, 1.165) is 54.6 Å². The molecule has 1 amide bonds. The molecule has 1 aliphatic rings. The van der Waals surface area contributed by atoms with Gasteiger partial charge in [0, 0.05) is 37.9 Å². The van der Waals surface area contributed by atoms with Crippen LogP contribution in [0.5, 0.6) is 5.75 Å². The molecule has 1 aliphatic heterocycles. The van der Waals surface area contributed by atoms with Crippen LogP contribution in [0, 0.1) is 5.92 Å². The highest BCUT2D eigenvalue weighted by Crippen LogP contribution is 2.24. The van der Waals surface area contributed by atoms with Crippen molar-refractivity contribution in [3.63, 3.8) is 0 Å². The number of aromatic nitrogens is 1. The van der Waals surface area contributed by atoms with Crippen LogP contribution >= 0.6 is 24.0 Å².